The third-order valence-electron chi connectivity index (χ3n) is 2.55. The molecular weight excluding hydrogens is 275 g/mol. The van der Waals surface area contributed by atoms with E-state index < -0.39 is 12.8 Å². The molecule has 0 aliphatic heterocycles. The second-order valence-electron chi connectivity index (χ2n) is 3.90. The van der Waals surface area contributed by atoms with Crippen molar-refractivity contribution in [3.05, 3.63) is 20.8 Å². The smallest absolute Gasteiger partial charge is 0.292 e. The van der Waals surface area contributed by atoms with E-state index in [0.717, 1.165) is 29.7 Å². The fraction of sp³-hybridized carbons (Fsp3) is 0.600. The first-order chi connectivity index (χ1) is 7.96. The van der Waals surface area contributed by atoms with E-state index in [4.69, 9.17) is 11.6 Å². The quantitative estimate of drug-likeness (QED) is 0.852. The van der Waals surface area contributed by atoms with Crippen LogP contribution in [0.15, 0.2) is 6.07 Å². The normalized spacial score (nSPS) is 20.4. The molecule has 0 saturated heterocycles. The molecule has 0 radical (unpaired) electrons. The first kappa shape index (κ1) is 13.1. The number of hydrogen-bond donors (Lipinski definition) is 1. The molecule has 0 bridgehead atoms. The van der Waals surface area contributed by atoms with Crippen LogP contribution >= 0.6 is 22.9 Å². The highest BCUT2D eigenvalue weighted by Crippen LogP contribution is 2.37. The predicted molar refractivity (Wildman–Crippen MR) is 60.2 cm³/mol. The lowest BCUT2D eigenvalue weighted by atomic mass is 9.95. The topological polar surface area (TPSA) is 21.3 Å². The summed E-state index contributed by atoms with van der Waals surface area (Å²) >= 11 is 7.37. The molecule has 17 heavy (non-hydrogen) atoms. The van der Waals surface area contributed by atoms with E-state index in [-0.39, 0.29) is 6.04 Å². The average Bonchev–Trinajstić information content (AvgIpc) is 2.57. The highest BCUT2D eigenvalue weighted by atomic mass is 35.5. The van der Waals surface area contributed by atoms with Crippen LogP contribution in [0, 0.1) is 0 Å². The minimum absolute atomic E-state index is 0.190. The lowest BCUT2D eigenvalue weighted by Gasteiger charge is -2.23. The van der Waals surface area contributed by atoms with Crippen molar-refractivity contribution in [1.82, 2.24) is 5.48 Å². The van der Waals surface area contributed by atoms with Crippen LogP contribution in [0.5, 0.6) is 0 Å². The molecule has 1 unspecified atom stereocenters. The molecule has 0 amide bonds. The maximum absolute atomic E-state index is 11.9. The van der Waals surface area contributed by atoms with Crippen LogP contribution in [0.25, 0.3) is 0 Å². The number of nitrogens with one attached hydrogen (secondary N) is 1. The lowest BCUT2D eigenvalue weighted by Crippen LogP contribution is -2.29. The number of fused-ring (bicyclic) bond motifs is 1. The molecule has 1 atom stereocenters. The first-order valence-corrected chi connectivity index (χ1v) is 6.37. The van der Waals surface area contributed by atoms with E-state index in [9.17, 15) is 13.2 Å². The largest absolute Gasteiger partial charge is 0.413 e. The summed E-state index contributed by atoms with van der Waals surface area (Å²) in [6.45, 7) is -1.28. The molecule has 7 heteroatoms. The van der Waals surface area contributed by atoms with Gasteiger partial charge in [-0.1, -0.05) is 11.6 Å². The molecule has 0 spiro atoms. The van der Waals surface area contributed by atoms with Crippen LogP contribution in [0.1, 0.15) is 29.3 Å². The third kappa shape index (κ3) is 3.58. The van der Waals surface area contributed by atoms with Crippen molar-refractivity contribution in [3.8, 4) is 0 Å². The Morgan fingerprint density at radius 2 is 2.29 bits per heavy atom. The zero-order chi connectivity index (χ0) is 12.5. The van der Waals surface area contributed by atoms with Crippen LogP contribution in [0.3, 0.4) is 0 Å². The van der Waals surface area contributed by atoms with Crippen molar-refractivity contribution in [2.45, 2.75) is 31.5 Å². The molecule has 2 nitrogen and oxygen atoms in total. The summed E-state index contributed by atoms with van der Waals surface area (Å²) in [4.78, 5) is 5.62. The maximum Gasteiger partial charge on any atom is 0.413 e. The monoisotopic (exact) mass is 285 g/mol. The number of aryl methyl sites for hydroxylation is 1. The minimum Gasteiger partial charge on any atom is -0.292 e. The van der Waals surface area contributed by atoms with Gasteiger partial charge in [-0.15, -0.1) is 11.3 Å². The predicted octanol–water partition coefficient (Wildman–Crippen LogP) is 3.86. The second-order valence-corrected chi connectivity index (χ2v) is 5.66. The number of alkyl halides is 3. The summed E-state index contributed by atoms with van der Waals surface area (Å²) in [5, 5.41) is 0. The van der Waals surface area contributed by atoms with E-state index >= 15 is 0 Å². The fourth-order valence-electron chi connectivity index (χ4n) is 1.87. The van der Waals surface area contributed by atoms with Crippen LogP contribution in [0.2, 0.25) is 4.34 Å². The van der Waals surface area contributed by atoms with Gasteiger partial charge >= 0.3 is 6.18 Å². The van der Waals surface area contributed by atoms with Gasteiger partial charge < -0.3 is 0 Å². The van der Waals surface area contributed by atoms with Crippen LogP contribution in [-0.2, 0) is 11.3 Å². The summed E-state index contributed by atoms with van der Waals surface area (Å²) in [5.41, 5.74) is 3.44. The summed E-state index contributed by atoms with van der Waals surface area (Å²) in [6, 6.07) is 1.61. The van der Waals surface area contributed by atoms with Crippen LogP contribution in [0.4, 0.5) is 13.2 Å². The van der Waals surface area contributed by atoms with Crippen molar-refractivity contribution in [2.75, 3.05) is 6.61 Å². The van der Waals surface area contributed by atoms with Crippen LogP contribution in [-0.4, -0.2) is 12.8 Å². The van der Waals surface area contributed by atoms with Gasteiger partial charge in [0.05, 0.1) is 10.4 Å². The third-order valence-corrected chi connectivity index (χ3v) is 3.88. The van der Waals surface area contributed by atoms with Gasteiger partial charge in [0, 0.05) is 4.88 Å². The number of thiophene rings is 1. The molecule has 1 aliphatic carbocycles. The Morgan fingerprint density at radius 3 is 3.00 bits per heavy atom. The highest BCUT2D eigenvalue weighted by molar-refractivity contribution is 7.16. The van der Waals surface area contributed by atoms with Gasteiger partial charge in [0.25, 0.3) is 0 Å². The Balaban J connectivity index is 1.94. The maximum atomic E-state index is 11.9. The Hall–Kier alpha value is -0.300. The molecule has 2 rings (SSSR count). The highest BCUT2D eigenvalue weighted by Gasteiger charge is 2.29. The number of rotatable bonds is 3. The first-order valence-electron chi connectivity index (χ1n) is 5.18. The number of halogens is 4. The second kappa shape index (κ2) is 5.14. The van der Waals surface area contributed by atoms with E-state index in [1.807, 2.05) is 0 Å². The van der Waals surface area contributed by atoms with Crippen molar-refractivity contribution in [2.24, 2.45) is 0 Å². The van der Waals surface area contributed by atoms with E-state index in [1.54, 1.807) is 6.07 Å². The minimum atomic E-state index is -4.31. The molecular formula is C10H11ClF3NOS. The molecule has 1 aromatic heterocycles. The summed E-state index contributed by atoms with van der Waals surface area (Å²) in [5.74, 6) is 0. The van der Waals surface area contributed by atoms with Crippen molar-refractivity contribution < 1.29 is 18.0 Å². The number of hydroxylamine groups is 1. The van der Waals surface area contributed by atoms with Gasteiger partial charge in [-0.3, -0.25) is 4.84 Å². The van der Waals surface area contributed by atoms with E-state index in [1.165, 1.54) is 11.3 Å². The van der Waals surface area contributed by atoms with Gasteiger partial charge in [0.15, 0.2) is 6.61 Å². The standard InChI is InChI=1S/C10H11ClF3NOS/c11-9-4-6-7(2-1-3-8(6)17-9)15-16-5-10(12,13)14/h4,7,15H,1-3,5H2. The zero-order valence-electron chi connectivity index (χ0n) is 8.81. The van der Waals surface area contributed by atoms with E-state index in [0.29, 0.717) is 4.34 Å². The van der Waals surface area contributed by atoms with Gasteiger partial charge in [0.1, 0.15) is 0 Å². The molecule has 1 aromatic rings. The molecule has 0 aromatic carbocycles. The van der Waals surface area contributed by atoms with Gasteiger partial charge in [-0.05, 0) is 30.9 Å². The Labute approximate surface area is 106 Å². The molecule has 1 aliphatic rings. The fourth-order valence-corrected chi connectivity index (χ4v) is 3.25. The van der Waals surface area contributed by atoms with Gasteiger partial charge in [0.2, 0.25) is 0 Å². The van der Waals surface area contributed by atoms with Crippen molar-refractivity contribution in [1.29, 1.82) is 0 Å². The molecule has 1 N–H and O–H groups in total. The summed E-state index contributed by atoms with van der Waals surface area (Å²) < 4.78 is 36.4. The molecule has 1 heterocycles. The SMILES string of the molecule is FC(F)(F)CONC1CCCc2sc(Cl)cc21. The molecule has 96 valence electrons. The van der Waals surface area contributed by atoms with Crippen molar-refractivity contribution >= 4 is 22.9 Å². The Kier molecular flexibility index (Phi) is 3.97. The van der Waals surface area contributed by atoms with E-state index in [2.05, 4.69) is 10.3 Å². The summed E-state index contributed by atoms with van der Waals surface area (Å²) in [7, 11) is 0. The van der Waals surface area contributed by atoms with Crippen molar-refractivity contribution in [3.63, 3.8) is 0 Å². The Morgan fingerprint density at radius 1 is 1.53 bits per heavy atom. The average molecular weight is 286 g/mol. The Bertz CT molecular complexity index is 393. The van der Waals surface area contributed by atoms with Gasteiger partial charge in [-0.25, -0.2) is 0 Å². The molecule has 0 saturated carbocycles. The number of hydrogen-bond acceptors (Lipinski definition) is 3. The lowest BCUT2D eigenvalue weighted by molar-refractivity contribution is -0.193. The van der Waals surface area contributed by atoms with Crippen LogP contribution < -0.4 is 5.48 Å². The molecule has 0 fully saturated rings. The summed E-state index contributed by atoms with van der Waals surface area (Å²) in [6.07, 6.45) is -1.68. The van der Waals surface area contributed by atoms with Gasteiger partial charge in [-0.2, -0.15) is 18.7 Å². The zero-order valence-corrected chi connectivity index (χ0v) is 10.4.